The van der Waals surface area contributed by atoms with Crippen molar-refractivity contribution in [2.45, 2.75) is 122 Å². The summed E-state index contributed by atoms with van der Waals surface area (Å²) < 4.78 is 14.9. The quantitative estimate of drug-likeness (QED) is 0.0781. The maximum absolute atomic E-state index is 10.5. The number of phosphoric acid groups is 1. The number of phosphoric ester groups is 1. The third-order valence-electron chi connectivity index (χ3n) is 4.71. The summed E-state index contributed by atoms with van der Waals surface area (Å²) in [6.45, 7) is 2.43. The zero-order chi connectivity index (χ0) is 24.2. The Bertz CT molecular complexity index is 417. The summed E-state index contributed by atoms with van der Waals surface area (Å²) in [6.07, 6.45) is 20.7. The Kier molecular flexibility index (Phi) is 20.6. The van der Waals surface area contributed by atoms with E-state index in [9.17, 15) is 4.57 Å². The van der Waals surface area contributed by atoms with Gasteiger partial charge >= 0.3 is 19.8 Å². The molecule has 11 heteroatoms. The first-order valence-corrected chi connectivity index (χ1v) is 12.9. The van der Waals surface area contributed by atoms with Gasteiger partial charge in [0.05, 0.1) is 6.61 Å². The van der Waals surface area contributed by atoms with Crippen molar-refractivity contribution in [3.63, 3.8) is 0 Å². The molecule has 0 aliphatic heterocycles. The Morgan fingerprint density at radius 3 is 1.03 bits per heavy atom. The predicted octanol–water partition coefficient (Wildman–Crippen LogP) is 2.61. The van der Waals surface area contributed by atoms with Crippen LogP contribution in [0.4, 0.5) is 0 Å². The highest BCUT2D eigenvalue weighted by Gasteiger charge is 2.44. The van der Waals surface area contributed by atoms with E-state index in [1.807, 2.05) is 0 Å². The standard InChI is InChI=1S/C18H39O4P.C2H6O6/c1-2-3-4-5-6-7-8-9-10-11-12-13-14-15-16-17-18-22-23(19,20)21;3-1(4,5)2(6,7)8/h2-18H2,1H3,(H2,19,20,21);3-8H. The van der Waals surface area contributed by atoms with Crippen LogP contribution in [0.3, 0.4) is 0 Å². The van der Waals surface area contributed by atoms with Crippen LogP contribution in [0.15, 0.2) is 0 Å². The average Bonchev–Trinajstić information content (AvgIpc) is 2.62. The molecule has 0 spiro atoms. The smallest absolute Gasteiger partial charge is 0.337 e. The van der Waals surface area contributed by atoms with Crippen LogP contribution in [-0.2, 0) is 9.09 Å². The zero-order valence-electron chi connectivity index (χ0n) is 18.9. The molecule has 0 rings (SSSR count). The van der Waals surface area contributed by atoms with Gasteiger partial charge < -0.3 is 40.4 Å². The molecule has 0 aromatic heterocycles. The SMILES string of the molecule is CCCCCCCCCCCCCCCCCCOP(=O)(O)O.OC(O)(O)C(O)(O)O. The summed E-state index contributed by atoms with van der Waals surface area (Å²) in [4.78, 5) is 17.1. The van der Waals surface area contributed by atoms with Gasteiger partial charge in [0.15, 0.2) is 0 Å². The van der Waals surface area contributed by atoms with Gasteiger partial charge in [-0.3, -0.25) is 4.52 Å². The van der Waals surface area contributed by atoms with Crippen molar-refractivity contribution in [2.75, 3.05) is 6.61 Å². The van der Waals surface area contributed by atoms with Gasteiger partial charge in [0, 0.05) is 0 Å². The van der Waals surface area contributed by atoms with Crippen LogP contribution in [0, 0.1) is 0 Å². The molecule has 0 aromatic carbocycles. The number of hydrogen-bond donors (Lipinski definition) is 8. The van der Waals surface area contributed by atoms with Crippen LogP contribution in [0.5, 0.6) is 0 Å². The van der Waals surface area contributed by atoms with Crippen LogP contribution in [0.1, 0.15) is 110 Å². The summed E-state index contributed by atoms with van der Waals surface area (Å²) in [5, 5.41) is 46.3. The Morgan fingerprint density at radius 2 is 0.806 bits per heavy atom. The number of aliphatic hydroxyl groups is 6. The van der Waals surface area contributed by atoms with Gasteiger partial charge in [-0.1, -0.05) is 103 Å². The van der Waals surface area contributed by atoms with Gasteiger partial charge in [-0.25, -0.2) is 4.57 Å². The van der Waals surface area contributed by atoms with Crippen LogP contribution >= 0.6 is 7.82 Å². The van der Waals surface area contributed by atoms with E-state index in [4.69, 9.17) is 40.4 Å². The summed E-state index contributed by atoms with van der Waals surface area (Å²) in [7, 11) is -4.26. The Balaban J connectivity index is 0. The van der Waals surface area contributed by atoms with Gasteiger partial charge in [0.2, 0.25) is 0 Å². The molecule has 0 heterocycles. The minimum absolute atomic E-state index is 0.169. The molecule has 0 unspecified atom stereocenters. The Morgan fingerprint density at radius 1 is 0.548 bits per heavy atom. The van der Waals surface area contributed by atoms with Crippen molar-refractivity contribution in [3.8, 4) is 0 Å². The number of rotatable bonds is 19. The maximum Gasteiger partial charge on any atom is 0.469 e. The number of unbranched alkanes of at least 4 members (excludes halogenated alkanes) is 15. The van der Waals surface area contributed by atoms with E-state index in [-0.39, 0.29) is 6.61 Å². The highest BCUT2D eigenvalue weighted by atomic mass is 31.2. The second-order valence-corrected chi connectivity index (χ2v) is 9.14. The first-order valence-electron chi connectivity index (χ1n) is 11.4. The summed E-state index contributed by atoms with van der Waals surface area (Å²) in [5.41, 5.74) is 0. The second-order valence-electron chi connectivity index (χ2n) is 7.90. The molecule has 0 bridgehead atoms. The molecule has 0 aliphatic rings. The lowest BCUT2D eigenvalue weighted by Gasteiger charge is -2.23. The molecule has 0 radical (unpaired) electrons. The highest BCUT2D eigenvalue weighted by Crippen LogP contribution is 2.35. The molecule has 10 nitrogen and oxygen atoms in total. The molecule has 0 amide bonds. The largest absolute Gasteiger partial charge is 0.469 e. The van der Waals surface area contributed by atoms with Crippen molar-refractivity contribution in [3.05, 3.63) is 0 Å². The molecule has 8 N–H and O–H groups in total. The third-order valence-corrected chi connectivity index (χ3v) is 5.23. The molecular formula is C20H45O10P. The van der Waals surface area contributed by atoms with E-state index in [2.05, 4.69) is 11.4 Å². The molecular weight excluding hydrogens is 431 g/mol. The third kappa shape index (κ3) is 27.8. The fourth-order valence-corrected chi connectivity index (χ4v) is 3.20. The van der Waals surface area contributed by atoms with Gasteiger partial charge in [-0.2, -0.15) is 0 Å². The van der Waals surface area contributed by atoms with E-state index in [0.717, 1.165) is 19.3 Å². The van der Waals surface area contributed by atoms with E-state index in [1.165, 1.54) is 83.5 Å². The normalized spacial score (nSPS) is 12.5. The topological polar surface area (TPSA) is 188 Å². The maximum atomic E-state index is 10.5. The molecule has 31 heavy (non-hydrogen) atoms. The summed E-state index contributed by atoms with van der Waals surface area (Å²) >= 11 is 0. The van der Waals surface area contributed by atoms with Crippen LogP contribution in [-0.4, -0.2) is 59.0 Å². The van der Waals surface area contributed by atoms with Gasteiger partial charge in [-0.15, -0.1) is 0 Å². The molecule has 190 valence electrons. The van der Waals surface area contributed by atoms with Gasteiger partial charge in [0.1, 0.15) is 0 Å². The fourth-order valence-electron chi connectivity index (χ4n) is 2.83. The predicted molar refractivity (Wildman–Crippen MR) is 116 cm³/mol. The lowest BCUT2D eigenvalue weighted by molar-refractivity contribution is -0.512. The van der Waals surface area contributed by atoms with Crippen LogP contribution < -0.4 is 0 Å². The molecule has 0 aromatic rings. The average molecular weight is 477 g/mol. The summed E-state index contributed by atoms with van der Waals surface area (Å²) in [5.74, 6) is -7.79. The minimum atomic E-state index is -4.26. The molecule has 0 fully saturated rings. The lowest BCUT2D eigenvalue weighted by atomic mass is 10.0. The zero-order valence-corrected chi connectivity index (χ0v) is 19.8. The minimum Gasteiger partial charge on any atom is -0.337 e. The van der Waals surface area contributed by atoms with E-state index >= 15 is 0 Å². The fraction of sp³-hybridized carbons (Fsp3) is 1.00. The summed E-state index contributed by atoms with van der Waals surface area (Å²) in [6, 6.07) is 0. The lowest BCUT2D eigenvalue weighted by Crippen LogP contribution is -2.54. The number of hydrogen-bond acceptors (Lipinski definition) is 8. The van der Waals surface area contributed by atoms with E-state index < -0.39 is 19.8 Å². The van der Waals surface area contributed by atoms with Gasteiger partial charge in [0.25, 0.3) is 0 Å². The Labute approximate surface area is 186 Å². The molecule has 0 saturated carbocycles. The van der Waals surface area contributed by atoms with E-state index in [1.54, 1.807) is 0 Å². The molecule has 0 atom stereocenters. The highest BCUT2D eigenvalue weighted by molar-refractivity contribution is 7.46. The first kappa shape index (κ1) is 33.0. The van der Waals surface area contributed by atoms with E-state index in [0.29, 0.717) is 0 Å². The van der Waals surface area contributed by atoms with Crippen LogP contribution in [0.25, 0.3) is 0 Å². The van der Waals surface area contributed by atoms with Crippen molar-refractivity contribution in [1.82, 2.24) is 0 Å². The van der Waals surface area contributed by atoms with Crippen LogP contribution in [0.2, 0.25) is 0 Å². The van der Waals surface area contributed by atoms with Crippen molar-refractivity contribution in [1.29, 1.82) is 0 Å². The first-order chi connectivity index (χ1) is 14.3. The molecule has 0 aliphatic carbocycles. The van der Waals surface area contributed by atoms with Crippen molar-refractivity contribution < 1.29 is 49.5 Å². The van der Waals surface area contributed by atoms with Gasteiger partial charge in [-0.05, 0) is 6.42 Å². The Hall–Kier alpha value is -0.130. The second kappa shape index (κ2) is 19.3. The molecule has 0 saturated heterocycles. The van der Waals surface area contributed by atoms with Crippen molar-refractivity contribution >= 4 is 7.82 Å². The monoisotopic (exact) mass is 476 g/mol. The van der Waals surface area contributed by atoms with Crippen molar-refractivity contribution in [2.24, 2.45) is 0 Å².